The van der Waals surface area contributed by atoms with Crippen molar-refractivity contribution < 1.29 is 4.39 Å². The summed E-state index contributed by atoms with van der Waals surface area (Å²) in [6.07, 6.45) is 6.96. The molecule has 1 saturated carbocycles. The molecule has 19 heavy (non-hydrogen) atoms. The van der Waals surface area contributed by atoms with Gasteiger partial charge in [-0.25, -0.2) is 4.39 Å². The number of nitriles is 1. The number of nitrogens with one attached hydrogen (secondary N) is 1. The quantitative estimate of drug-likeness (QED) is 0.835. The molecule has 2 nitrogen and oxygen atoms in total. The van der Waals surface area contributed by atoms with Crippen LogP contribution in [-0.2, 0) is 0 Å². The second-order valence-electron chi connectivity index (χ2n) is 5.06. The lowest BCUT2D eigenvalue weighted by Gasteiger charge is -2.21. The minimum Gasteiger partial charge on any atom is -0.295 e. The lowest BCUT2D eigenvalue weighted by molar-refractivity contribution is 0.429. The van der Waals surface area contributed by atoms with E-state index < -0.39 is 11.9 Å². The summed E-state index contributed by atoms with van der Waals surface area (Å²) in [4.78, 5) is 0. The number of nitrogens with zero attached hydrogens (tertiary/aromatic N) is 1. The first-order valence-corrected chi connectivity index (χ1v) is 7.19. The first-order valence-electron chi connectivity index (χ1n) is 6.82. The van der Waals surface area contributed by atoms with E-state index in [1.54, 1.807) is 12.1 Å². The van der Waals surface area contributed by atoms with Crippen molar-refractivity contribution in [1.82, 2.24) is 5.32 Å². The standard InChI is InChI=1S/C15H18ClFN2/c16-13-9-5-8-12(15(13)17)14(10-18)19-11-6-3-1-2-4-7-11/h5,8-9,11,14,19H,1-4,6-7H2. The molecule has 1 fully saturated rings. The van der Waals surface area contributed by atoms with Crippen molar-refractivity contribution in [2.24, 2.45) is 0 Å². The third kappa shape index (κ3) is 3.68. The molecule has 0 aliphatic heterocycles. The Hall–Kier alpha value is -1.11. The van der Waals surface area contributed by atoms with Crippen molar-refractivity contribution in [3.63, 3.8) is 0 Å². The Kier molecular flexibility index (Phi) is 5.18. The molecule has 4 heteroatoms. The Balaban J connectivity index is 2.11. The van der Waals surface area contributed by atoms with Gasteiger partial charge in [-0.05, 0) is 18.9 Å². The van der Waals surface area contributed by atoms with Crippen molar-refractivity contribution in [3.05, 3.63) is 34.6 Å². The Morgan fingerprint density at radius 2 is 1.95 bits per heavy atom. The maximum Gasteiger partial charge on any atom is 0.147 e. The topological polar surface area (TPSA) is 35.8 Å². The summed E-state index contributed by atoms with van der Waals surface area (Å²) in [6, 6.07) is 6.62. The number of hydrogen-bond acceptors (Lipinski definition) is 2. The predicted octanol–water partition coefficient (Wildman–Crippen LogP) is 4.36. The van der Waals surface area contributed by atoms with Gasteiger partial charge >= 0.3 is 0 Å². The van der Waals surface area contributed by atoms with Crippen LogP contribution in [0.3, 0.4) is 0 Å². The highest BCUT2D eigenvalue weighted by molar-refractivity contribution is 6.30. The van der Waals surface area contributed by atoms with Gasteiger partial charge in [0, 0.05) is 11.6 Å². The van der Waals surface area contributed by atoms with Crippen LogP contribution in [0.25, 0.3) is 0 Å². The summed E-state index contributed by atoms with van der Waals surface area (Å²) in [5.41, 5.74) is 0.347. The fourth-order valence-corrected chi connectivity index (χ4v) is 2.80. The molecule has 1 N–H and O–H groups in total. The Bertz CT molecular complexity index is 462. The Morgan fingerprint density at radius 1 is 1.26 bits per heavy atom. The highest BCUT2D eigenvalue weighted by Crippen LogP contribution is 2.25. The third-order valence-electron chi connectivity index (χ3n) is 3.68. The Labute approximate surface area is 118 Å². The van der Waals surface area contributed by atoms with E-state index in [-0.39, 0.29) is 5.02 Å². The molecular formula is C15H18ClFN2. The first-order chi connectivity index (χ1) is 9.22. The molecule has 0 radical (unpaired) electrons. The van der Waals surface area contributed by atoms with E-state index >= 15 is 0 Å². The van der Waals surface area contributed by atoms with Gasteiger partial charge in [0.25, 0.3) is 0 Å². The maximum absolute atomic E-state index is 14.0. The highest BCUT2D eigenvalue weighted by atomic mass is 35.5. The summed E-state index contributed by atoms with van der Waals surface area (Å²) in [5.74, 6) is -0.489. The molecule has 0 heterocycles. The molecule has 1 atom stereocenters. The van der Waals surface area contributed by atoms with Gasteiger partial charge in [-0.3, -0.25) is 5.32 Å². The fourth-order valence-electron chi connectivity index (χ4n) is 2.62. The van der Waals surface area contributed by atoms with Crippen molar-refractivity contribution in [1.29, 1.82) is 5.26 Å². The molecule has 2 rings (SSSR count). The zero-order valence-electron chi connectivity index (χ0n) is 10.8. The lowest BCUT2D eigenvalue weighted by Crippen LogP contribution is -2.32. The van der Waals surface area contributed by atoms with E-state index in [1.165, 1.54) is 31.7 Å². The number of halogens is 2. The van der Waals surface area contributed by atoms with Crippen LogP contribution in [0.1, 0.15) is 50.1 Å². The van der Waals surface area contributed by atoms with Crippen LogP contribution in [0.5, 0.6) is 0 Å². The van der Waals surface area contributed by atoms with Gasteiger partial charge in [0.05, 0.1) is 11.1 Å². The average Bonchev–Trinajstić information content (AvgIpc) is 2.68. The minimum atomic E-state index is -0.623. The second-order valence-corrected chi connectivity index (χ2v) is 5.47. The molecule has 102 valence electrons. The largest absolute Gasteiger partial charge is 0.295 e. The van der Waals surface area contributed by atoms with Crippen LogP contribution in [0.15, 0.2) is 18.2 Å². The monoisotopic (exact) mass is 280 g/mol. The van der Waals surface area contributed by atoms with Crippen molar-refractivity contribution in [3.8, 4) is 6.07 Å². The van der Waals surface area contributed by atoms with Gasteiger partial charge < -0.3 is 0 Å². The van der Waals surface area contributed by atoms with Crippen LogP contribution in [0.4, 0.5) is 4.39 Å². The number of benzene rings is 1. The van der Waals surface area contributed by atoms with Gasteiger partial charge in [-0.2, -0.15) is 5.26 Å². The van der Waals surface area contributed by atoms with E-state index in [4.69, 9.17) is 11.6 Å². The minimum absolute atomic E-state index is 0.0698. The zero-order chi connectivity index (χ0) is 13.7. The average molecular weight is 281 g/mol. The predicted molar refractivity (Wildman–Crippen MR) is 74.4 cm³/mol. The molecule has 1 aliphatic rings. The number of rotatable bonds is 3. The molecule has 0 spiro atoms. The molecule has 0 amide bonds. The molecule has 1 aromatic rings. The van der Waals surface area contributed by atoms with Crippen molar-refractivity contribution in [2.75, 3.05) is 0 Å². The van der Waals surface area contributed by atoms with E-state index in [9.17, 15) is 9.65 Å². The summed E-state index contributed by atoms with van der Waals surface area (Å²) < 4.78 is 14.0. The molecule has 0 saturated heterocycles. The lowest BCUT2D eigenvalue weighted by atomic mass is 10.0. The maximum atomic E-state index is 14.0. The first kappa shape index (κ1) is 14.3. The van der Waals surface area contributed by atoms with E-state index in [1.807, 2.05) is 0 Å². The summed E-state index contributed by atoms with van der Waals surface area (Å²) in [7, 11) is 0. The normalized spacial score (nSPS) is 18.6. The zero-order valence-corrected chi connectivity index (χ0v) is 11.6. The molecular weight excluding hydrogens is 263 g/mol. The second kappa shape index (κ2) is 6.88. The van der Waals surface area contributed by atoms with Gasteiger partial charge in [0.15, 0.2) is 0 Å². The van der Waals surface area contributed by atoms with Gasteiger partial charge in [0.2, 0.25) is 0 Å². The van der Waals surface area contributed by atoms with Crippen LogP contribution >= 0.6 is 11.6 Å². The van der Waals surface area contributed by atoms with Crippen LogP contribution < -0.4 is 5.32 Å². The van der Waals surface area contributed by atoms with Crippen molar-refractivity contribution >= 4 is 11.6 Å². The van der Waals surface area contributed by atoms with Crippen molar-refractivity contribution in [2.45, 2.75) is 50.6 Å². The molecule has 1 aromatic carbocycles. The Morgan fingerprint density at radius 3 is 2.58 bits per heavy atom. The molecule has 1 aliphatic carbocycles. The van der Waals surface area contributed by atoms with Gasteiger partial charge in [-0.15, -0.1) is 0 Å². The summed E-state index contributed by atoms with van der Waals surface area (Å²) in [6.45, 7) is 0. The van der Waals surface area contributed by atoms with E-state index in [2.05, 4.69) is 11.4 Å². The number of hydrogen-bond donors (Lipinski definition) is 1. The fraction of sp³-hybridized carbons (Fsp3) is 0.533. The molecule has 0 aromatic heterocycles. The third-order valence-corrected chi connectivity index (χ3v) is 3.97. The van der Waals surface area contributed by atoms with Crippen LogP contribution in [-0.4, -0.2) is 6.04 Å². The summed E-state index contributed by atoms with van der Waals surface area (Å²) >= 11 is 5.77. The van der Waals surface area contributed by atoms with E-state index in [0.717, 1.165) is 12.8 Å². The SMILES string of the molecule is N#CC(NC1CCCCCC1)c1cccc(Cl)c1F. The smallest absolute Gasteiger partial charge is 0.147 e. The summed E-state index contributed by atoms with van der Waals surface area (Å²) in [5, 5.41) is 12.6. The molecule has 1 unspecified atom stereocenters. The van der Waals surface area contributed by atoms with Gasteiger partial charge in [-0.1, -0.05) is 49.4 Å². The highest BCUT2D eigenvalue weighted by Gasteiger charge is 2.21. The van der Waals surface area contributed by atoms with Gasteiger partial charge in [0.1, 0.15) is 11.9 Å². The molecule has 0 bridgehead atoms. The van der Waals surface area contributed by atoms with Crippen LogP contribution in [0.2, 0.25) is 5.02 Å². The van der Waals surface area contributed by atoms with E-state index in [0.29, 0.717) is 11.6 Å². The van der Waals surface area contributed by atoms with Crippen LogP contribution in [0, 0.1) is 17.1 Å².